The Bertz CT molecular complexity index is 784. The van der Waals surface area contributed by atoms with Crippen molar-refractivity contribution in [3.05, 3.63) is 36.2 Å². The lowest BCUT2D eigenvalue weighted by molar-refractivity contribution is -0.121. The number of carbonyl (C=O) groups excluding carboxylic acids is 1. The van der Waals surface area contributed by atoms with Crippen LogP contribution in [0.1, 0.15) is 25.1 Å². The van der Waals surface area contributed by atoms with Crippen molar-refractivity contribution in [1.29, 1.82) is 0 Å². The topological polar surface area (TPSA) is 86.5 Å². The zero-order valence-corrected chi connectivity index (χ0v) is 13.0. The summed E-state index contributed by atoms with van der Waals surface area (Å²) in [6.45, 7) is 0.472. The molecule has 7 nitrogen and oxygen atoms in total. The standard InChI is InChI=1S/C17H17N3O4/c21-16(7-11-3-1-2-4-11)18-9-15-19-17(24-20-15)12-5-6-13-14(8-12)23-10-22-13/h1,3,5-6,8,11H,2,4,7,9-10H2,(H,18,21)/t11-/m0/s1. The normalized spacial score (nSPS) is 18.1. The van der Waals surface area contributed by atoms with Crippen molar-refractivity contribution in [2.75, 3.05) is 6.79 Å². The SMILES string of the molecule is O=C(C[C@H]1C=CCC1)NCc1noc(-c2ccc3c(c2)OCO3)n1. The zero-order chi connectivity index (χ0) is 16.4. The number of nitrogens with zero attached hydrogens (tertiary/aromatic N) is 2. The number of amides is 1. The van der Waals surface area contributed by atoms with E-state index in [1.807, 2.05) is 6.07 Å². The average molecular weight is 327 g/mol. The second-order valence-electron chi connectivity index (χ2n) is 5.83. The molecule has 1 amide bonds. The third-order valence-electron chi connectivity index (χ3n) is 4.09. The Morgan fingerprint density at radius 2 is 2.21 bits per heavy atom. The molecule has 2 aliphatic rings. The first-order valence-electron chi connectivity index (χ1n) is 7.94. The van der Waals surface area contributed by atoms with Gasteiger partial charge in [0.1, 0.15) is 0 Å². The van der Waals surface area contributed by atoms with Crippen molar-refractivity contribution in [2.24, 2.45) is 5.92 Å². The van der Waals surface area contributed by atoms with Crippen LogP contribution in [0.2, 0.25) is 0 Å². The molecular formula is C17H17N3O4. The highest BCUT2D eigenvalue weighted by atomic mass is 16.7. The summed E-state index contributed by atoms with van der Waals surface area (Å²) in [6, 6.07) is 5.43. The van der Waals surface area contributed by atoms with Crippen molar-refractivity contribution >= 4 is 5.91 Å². The Morgan fingerprint density at radius 1 is 1.29 bits per heavy atom. The maximum atomic E-state index is 11.9. The van der Waals surface area contributed by atoms with Gasteiger partial charge in [-0.15, -0.1) is 0 Å². The van der Waals surface area contributed by atoms with Crippen LogP contribution in [0, 0.1) is 5.92 Å². The molecule has 0 saturated carbocycles. The minimum Gasteiger partial charge on any atom is -0.454 e. The number of aromatic nitrogens is 2. The van der Waals surface area contributed by atoms with E-state index in [4.69, 9.17) is 14.0 Å². The molecule has 0 unspecified atom stereocenters. The Labute approximate surface area is 138 Å². The third-order valence-corrected chi connectivity index (χ3v) is 4.09. The summed E-state index contributed by atoms with van der Waals surface area (Å²) in [5, 5.41) is 6.73. The predicted molar refractivity (Wildman–Crippen MR) is 84.2 cm³/mol. The van der Waals surface area contributed by atoms with Crippen LogP contribution in [-0.4, -0.2) is 22.8 Å². The van der Waals surface area contributed by atoms with Gasteiger partial charge < -0.3 is 19.3 Å². The smallest absolute Gasteiger partial charge is 0.258 e. The molecule has 0 fully saturated rings. The lowest BCUT2D eigenvalue weighted by atomic mass is 10.1. The van der Waals surface area contributed by atoms with E-state index >= 15 is 0 Å². The Kier molecular flexibility index (Phi) is 3.90. The van der Waals surface area contributed by atoms with E-state index in [0.717, 1.165) is 18.4 Å². The molecule has 1 N–H and O–H groups in total. The van der Waals surface area contributed by atoms with Gasteiger partial charge in [-0.3, -0.25) is 4.79 Å². The molecule has 2 aromatic rings. The van der Waals surface area contributed by atoms with Crippen LogP contribution >= 0.6 is 0 Å². The summed E-state index contributed by atoms with van der Waals surface area (Å²) in [5.74, 6) is 2.53. The van der Waals surface area contributed by atoms with Gasteiger partial charge in [0, 0.05) is 12.0 Å². The zero-order valence-electron chi connectivity index (χ0n) is 13.0. The maximum absolute atomic E-state index is 11.9. The molecule has 2 heterocycles. The van der Waals surface area contributed by atoms with Crippen LogP contribution < -0.4 is 14.8 Å². The summed E-state index contributed by atoms with van der Waals surface area (Å²) in [6.07, 6.45) is 6.83. The van der Waals surface area contributed by atoms with Gasteiger partial charge in [0.15, 0.2) is 17.3 Å². The third kappa shape index (κ3) is 3.10. The summed E-state index contributed by atoms with van der Waals surface area (Å²) < 4.78 is 15.9. The van der Waals surface area contributed by atoms with E-state index in [1.54, 1.807) is 12.1 Å². The molecule has 1 aliphatic carbocycles. The number of hydrogen-bond donors (Lipinski definition) is 1. The van der Waals surface area contributed by atoms with E-state index in [1.165, 1.54) is 0 Å². The number of benzene rings is 1. The molecule has 4 rings (SSSR count). The molecule has 0 spiro atoms. The fraction of sp³-hybridized carbons (Fsp3) is 0.353. The quantitative estimate of drug-likeness (QED) is 0.849. The molecule has 1 aromatic carbocycles. The van der Waals surface area contributed by atoms with Crippen molar-refractivity contribution in [1.82, 2.24) is 15.5 Å². The fourth-order valence-electron chi connectivity index (χ4n) is 2.83. The molecule has 7 heteroatoms. The lowest BCUT2D eigenvalue weighted by Crippen LogP contribution is -2.24. The predicted octanol–water partition coefficient (Wildman–Crippen LogP) is 2.44. The first-order chi connectivity index (χ1) is 11.8. The number of rotatable bonds is 5. The number of fused-ring (bicyclic) bond motifs is 1. The first kappa shape index (κ1) is 14.7. The summed E-state index contributed by atoms with van der Waals surface area (Å²) in [5.41, 5.74) is 0.750. The van der Waals surface area contributed by atoms with Gasteiger partial charge in [-0.05, 0) is 37.0 Å². The molecule has 0 bridgehead atoms. The molecule has 124 valence electrons. The van der Waals surface area contributed by atoms with Gasteiger partial charge in [-0.1, -0.05) is 17.3 Å². The van der Waals surface area contributed by atoms with Gasteiger partial charge in [0.25, 0.3) is 5.89 Å². The minimum absolute atomic E-state index is 0.000907. The maximum Gasteiger partial charge on any atom is 0.258 e. The Morgan fingerprint density at radius 3 is 3.08 bits per heavy atom. The molecule has 0 saturated heterocycles. The number of nitrogens with one attached hydrogen (secondary N) is 1. The van der Waals surface area contributed by atoms with Crippen LogP contribution in [0.15, 0.2) is 34.9 Å². The monoisotopic (exact) mass is 327 g/mol. The highest BCUT2D eigenvalue weighted by molar-refractivity contribution is 5.76. The second-order valence-corrected chi connectivity index (χ2v) is 5.83. The molecule has 1 atom stereocenters. The number of carbonyl (C=O) groups is 1. The largest absolute Gasteiger partial charge is 0.454 e. The molecule has 0 radical (unpaired) electrons. The molecular weight excluding hydrogens is 310 g/mol. The highest BCUT2D eigenvalue weighted by Crippen LogP contribution is 2.35. The van der Waals surface area contributed by atoms with Gasteiger partial charge in [-0.2, -0.15) is 4.98 Å². The van der Waals surface area contributed by atoms with E-state index in [2.05, 4.69) is 27.6 Å². The van der Waals surface area contributed by atoms with E-state index < -0.39 is 0 Å². The number of ether oxygens (including phenoxy) is 2. The molecule has 1 aliphatic heterocycles. The van der Waals surface area contributed by atoms with Crippen LogP contribution in [0.25, 0.3) is 11.5 Å². The Hall–Kier alpha value is -2.83. The number of allylic oxidation sites excluding steroid dienone is 2. The van der Waals surface area contributed by atoms with Crippen LogP contribution in [-0.2, 0) is 11.3 Å². The fourth-order valence-corrected chi connectivity index (χ4v) is 2.83. The highest BCUT2D eigenvalue weighted by Gasteiger charge is 2.18. The lowest BCUT2D eigenvalue weighted by Gasteiger charge is -2.06. The summed E-state index contributed by atoms with van der Waals surface area (Å²) in [7, 11) is 0. The van der Waals surface area contributed by atoms with E-state index in [0.29, 0.717) is 35.6 Å². The summed E-state index contributed by atoms with van der Waals surface area (Å²) in [4.78, 5) is 16.2. The van der Waals surface area contributed by atoms with Crippen molar-refractivity contribution in [3.8, 4) is 23.0 Å². The van der Waals surface area contributed by atoms with Crippen molar-refractivity contribution in [2.45, 2.75) is 25.8 Å². The molecule has 1 aromatic heterocycles. The van der Waals surface area contributed by atoms with E-state index in [9.17, 15) is 4.79 Å². The van der Waals surface area contributed by atoms with Gasteiger partial charge in [0.2, 0.25) is 12.7 Å². The van der Waals surface area contributed by atoms with Gasteiger partial charge in [0.05, 0.1) is 6.54 Å². The average Bonchev–Trinajstić information content (AvgIpc) is 3.33. The Balaban J connectivity index is 1.36. The first-order valence-corrected chi connectivity index (χ1v) is 7.94. The van der Waals surface area contributed by atoms with Gasteiger partial charge >= 0.3 is 0 Å². The molecule has 24 heavy (non-hydrogen) atoms. The van der Waals surface area contributed by atoms with Crippen molar-refractivity contribution in [3.63, 3.8) is 0 Å². The summed E-state index contributed by atoms with van der Waals surface area (Å²) >= 11 is 0. The number of hydrogen-bond acceptors (Lipinski definition) is 6. The van der Waals surface area contributed by atoms with E-state index in [-0.39, 0.29) is 19.2 Å². The van der Waals surface area contributed by atoms with Crippen molar-refractivity contribution < 1.29 is 18.8 Å². The minimum atomic E-state index is 0.000907. The van der Waals surface area contributed by atoms with Crippen LogP contribution in [0.4, 0.5) is 0 Å². The van der Waals surface area contributed by atoms with Crippen LogP contribution in [0.5, 0.6) is 11.5 Å². The van der Waals surface area contributed by atoms with Crippen LogP contribution in [0.3, 0.4) is 0 Å². The second kappa shape index (κ2) is 6.35. The van der Waals surface area contributed by atoms with Gasteiger partial charge in [-0.25, -0.2) is 0 Å².